The molecule has 0 amide bonds. The van der Waals surface area contributed by atoms with Gasteiger partial charge in [-0.25, -0.2) is 0 Å². The number of rotatable bonds is 8. The molecule has 0 radical (unpaired) electrons. The second-order valence-corrected chi connectivity index (χ2v) is 4.45. The first kappa shape index (κ1) is 15.1. The highest BCUT2D eigenvalue weighted by Gasteiger charge is 2.09. The lowest BCUT2D eigenvalue weighted by Gasteiger charge is -2.24. The summed E-state index contributed by atoms with van der Waals surface area (Å²) in [5.74, 6) is 0.0254. The van der Waals surface area contributed by atoms with Gasteiger partial charge in [-0.2, -0.15) is 0 Å². The van der Waals surface area contributed by atoms with E-state index in [0.717, 1.165) is 17.0 Å². The number of anilines is 1. The summed E-state index contributed by atoms with van der Waals surface area (Å²) in [5.41, 5.74) is 1.98. The molecule has 0 aliphatic carbocycles. The summed E-state index contributed by atoms with van der Waals surface area (Å²) in [7, 11) is 0. The van der Waals surface area contributed by atoms with Crippen molar-refractivity contribution < 1.29 is 14.6 Å². The third kappa shape index (κ3) is 5.46. The Morgan fingerprint density at radius 2 is 2.00 bits per heavy atom. The molecule has 0 unspecified atom stereocenters. The number of hydrogen-bond acceptors (Lipinski definition) is 3. The van der Waals surface area contributed by atoms with E-state index in [1.807, 2.05) is 43.0 Å². The fourth-order valence-corrected chi connectivity index (χ4v) is 1.78. The Balaban J connectivity index is 2.77. The summed E-state index contributed by atoms with van der Waals surface area (Å²) in [4.78, 5) is 12.7. The predicted octanol–water partition coefficient (Wildman–Crippen LogP) is 2.94. The number of hydrogen-bond donors (Lipinski definition) is 1. The third-order valence-electron chi connectivity index (χ3n) is 2.57. The van der Waals surface area contributed by atoms with Gasteiger partial charge < -0.3 is 14.7 Å². The zero-order valence-corrected chi connectivity index (χ0v) is 11.6. The molecule has 4 heteroatoms. The molecule has 0 heterocycles. The fourth-order valence-electron chi connectivity index (χ4n) is 1.78. The van der Waals surface area contributed by atoms with Crippen LogP contribution in [0.3, 0.4) is 0 Å². The van der Waals surface area contributed by atoms with E-state index in [0.29, 0.717) is 19.7 Å². The van der Waals surface area contributed by atoms with Crippen molar-refractivity contribution in [2.45, 2.75) is 20.3 Å². The molecule has 0 aliphatic heterocycles. The minimum atomic E-state index is -0.794. The van der Waals surface area contributed by atoms with E-state index in [4.69, 9.17) is 9.84 Å². The fraction of sp³-hybridized carbons (Fsp3) is 0.400. The van der Waals surface area contributed by atoms with Crippen molar-refractivity contribution in [1.29, 1.82) is 0 Å². The van der Waals surface area contributed by atoms with Crippen molar-refractivity contribution in [2.24, 2.45) is 0 Å². The molecule has 0 saturated carbocycles. The Morgan fingerprint density at radius 1 is 1.37 bits per heavy atom. The van der Waals surface area contributed by atoms with Crippen LogP contribution in [0, 0.1) is 0 Å². The second-order valence-electron chi connectivity index (χ2n) is 4.45. The SMILES string of the molecule is C=C(C)CN(CCC(=O)O)c1ccc(OCC)cc1. The molecule has 1 N–H and O–H groups in total. The third-order valence-corrected chi connectivity index (χ3v) is 2.57. The Hall–Kier alpha value is -1.97. The lowest BCUT2D eigenvalue weighted by molar-refractivity contribution is -0.136. The summed E-state index contributed by atoms with van der Waals surface area (Å²) < 4.78 is 5.39. The largest absolute Gasteiger partial charge is 0.494 e. The van der Waals surface area contributed by atoms with Gasteiger partial charge in [0.1, 0.15) is 5.75 Å². The van der Waals surface area contributed by atoms with E-state index in [1.165, 1.54) is 0 Å². The molecular formula is C15H21NO3. The van der Waals surface area contributed by atoms with E-state index in [9.17, 15) is 4.79 Å². The minimum Gasteiger partial charge on any atom is -0.494 e. The van der Waals surface area contributed by atoms with E-state index in [2.05, 4.69) is 6.58 Å². The first-order chi connectivity index (χ1) is 9.02. The van der Waals surface area contributed by atoms with Crippen molar-refractivity contribution in [3.63, 3.8) is 0 Å². The van der Waals surface area contributed by atoms with Gasteiger partial charge in [0.2, 0.25) is 0 Å². The highest BCUT2D eigenvalue weighted by Crippen LogP contribution is 2.20. The Labute approximate surface area is 114 Å². The van der Waals surface area contributed by atoms with E-state index in [-0.39, 0.29) is 6.42 Å². The van der Waals surface area contributed by atoms with Gasteiger partial charge in [-0.05, 0) is 38.1 Å². The predicted molar refractivity (Wildman–Crippen MR) is 76.9 cm³/mol. The molecule has 19 heavy (non-hydrogen) atoms. The molecule has 0 bridgehead atoms. The maximum atomic E-state index is 10.7. The van der Waals surface area contributed by atoms with Gasteiger partial charge in [-0.1, -0.05) is 12.2 Å². The average Bonchev–Trinajstić information content (AvgIpc) is 2.35. The van der Waals surface area contributed by atoms with Crippen LogP contribution in [0.25, 0.3) is 0 Å². The Morgan fingerprint density at radius 3 is 2.47 bits per heavy atom. The highest BCUT2D eigenvalue weighted by atomic mass is 16.5. The number of carboxylic acid groups (broad SMARTS) is 1. The van der Waals surface area contributed by atoms with Crippen LogP contribution < -0.4 is 9.64 Å². The van der Waals surface area contributed by atoms with Crippen molar-refractivity contribution in [2.75, 3.05) is 24.6 Å². The van der Waals surface area contributed by atoms with Gasteiger partial charge in [-0.3, -0.25) is 4.79 Å². The molecule has 0 saturated heterocycles. The molecule has 0 spiro atoms. The van der Waals surface area contributed by atoms with Gasteiger partial charge >= 0.3 is 5.97 Å². The first-order valence-electron chi connectivity index (χ1n) is 6.37. The average molecular weight is 263 g/mol. The molecule has 0 atom stereocenters. The van der Waals surface area contributed by atoms with Crippen molar-refractivity contribution in [1.82, 2.24) is 0 Å². The van der Waals surface area contributed by atoms with E-state index in [1.54, 1.807) is 0 Å². The lowest BCUT2D eigenvalue weighted by Crippen LogP contribution is -2.27. The highest BCUT2D eigenvalue weighted by molar-refractivity contribution is 5.67. The number of aliphatic carboxylic acids is 1. The first-order valence-corrected chi connectivity index (χ1v) is 6.37. The zero-order valence-electron chi connectivity index (χ0n) is 11.6. The van der Waals surface area contributed by atoms with E-state index < -0.39 is 5.97 Å². The van der Waals surface area contributed by atoms with Crippen molar-refractivity contribution in [3.8, 4) is 5.75 Å². The molecule has 0 fully saturated rings. The summed E-state index contributed by atoms with van der Waals surface area (Å²) in [6.07, 6.45) is 0.112. The molecular weight excluding hydrogens is 242 g/mol. The van der Waals surface area contributed by atoms with Gasteiger partial charge in [0, 0.05) is 18.8 Å². The van der Waals surface area contributed by atoms with Crippen LogP contribution in [-0.2, 0) is 4.79 Å². The maximum Gasteiger partial charge on any atom is 0.305 e. The maximum absolute atomic E-state index is 10.7. The topological polar surface area (TPSA) is 49.8 Å². The van der Waals surface area contributed by atoms with Crippen LogP contribution in [0.4, 0.5) is 5.69 Å². The molecule has 1 aromatic carbocycles. The summed E-state index contributed by atoms with van der Waals surface area (Å²) in [5, 5.41) is 8.79. The van der Waals surface area contributed by atoms with Crippen LogP contribution in [0.1, 0.15) is 20.3 Å². The van der Waals surface area contributed by atoms with Crippen LogP contribution in [0.5, 0.6) is 5.75 Å². The van der Waals surface area contributed by atoms with Crippen LogP contribution in [-0.4, -0.2) is 30.8 Å². The number of ether oxygens (including phenoxy) is 1. The molecule has 104 valence electrons. The van der Waals surface area contributed by atoms with Crippen LogP contribution >= 0.6 is 0 Å². The molecule has 1 rings (SSSR count). The molecule has 0 aliphatic rings. The lowest BCUT2D eigenvalue weighted by atomic mass is 10.2. The molecule has 0 aromatic heterocycles. The summed E-state index contributed by atoms with van der Waals surface area (Å²) in [6.45, 7) is 9.51. The van der Waals surface area contributed by atoms with Crippen LogP contribution in [0.15, 0.2) is 36.4 Å². The summed E-state index contributed by atoms with van der Waals surface area (Å²) in [6, 6.07) is 7.67. The number of benzene rings is 1. The number of carbonyl (C=O) groups is 1. The minimum absolute atomic E-state index is 0.112. The van der Waals surface area contributed by atoms with E-state index >= 15 is 0 Å². The quantitative estimate of drug-likeness (QED) is 0.733. The molecule has 4 nitrogen and oxygen atoms in total. The number of nitrogens with zero attached hydrogens (tertiary/aromatic N) is 1. The van der Waals surface area contributed by atoms with Gasteiger partial charge in [0.15, 0.2) is 0 Å². The normalized spacial score (nSPS) is 10.0. The van der Waals surface area contributed by atoms with Crippen LogP contribution in [0.2, 0.25) is 0 Å². The monoisotopic (exact) mass is 263 g/mol. The summed E-state index contributed by atoms with van der Waals surface area (Å²) >= 11 is 0. The standard InChI is InChI=1S/C15H21NO3/c1-4-19-14-7-5-13(6-8-14)16(11-12(2)3)10-9-15(17)18/h5-8H,2,4,9-11H2,1,3H3,(H,17,18). The Kier molecular flexibility index (Phi) is 5.93. The van der Waals surface area contributed by atoms with Crippen molar-refractivity contribution in [3.05, 3.63) is 36.4 Å². The van der Waals surface area contributed by atoms with Gasteiger partial charge in [0.25, 0.3) is 0 Å². The Bertz CT molecular complexity index is 426. The van der Waals surface area contributed by atoms with Gasteiger partial charge in [-0.15, -0.1) is 0 Å². The smallest absolute Gasteiger partial charge is 0.305 e. The second kappa shape index (κ2) is 7.46. The number of carboxylic acids is 1. The zero-order chi connectivity index (χ0) is 14.3. The van der Waals surface area contributed by atoms with Crippen molar-refractivity contribution >= 4 is 11.7 Å². The van der Waals surface area contributed by atoms with Gasteiger partial charge in [0.05, 0.1) is 13.0 Å². The molecule has 1 aromatic rings.